The van der Waals surface area contributed by atoms with Crippen molar-refractivity contribution in [3.63, 3.8) is 0 Å². The predicted octanol–water partition coefficient (Wildman–Crippen LogP) is 0.612. The summed E-state index contributed by atoms with van der Waals surface area (Å²) in [7, 11) is 0. The molecule has 1 N–H and O–H groups in total. The van der Waals surface area contributed by atoms with Gasteiger partial charge in [0, 0.05) is 30.9 Å². The predicted molar refractivity (Wildman–Crippen MR) is 50.6 cm³/mol. The quantitative estimate of drug-likeness (QED) is 0.720. The van der Waals surface area contributed by atoms with Crippen LogP contribution in [-0.2, 0) is 11.2 Å². The molecule has 0 aliphatic carbocycles. The van der Waals surface area contributed by atoms with E-state index in [9.17, 15) is 0 Å². The minimum Gasteiger partial charge on any atom is -0.379 e. The molecular formula is C10H14N2O. The minimum atomic E-state index is 0.434. The molecule has 0 saturated carbocycles. The van der Waals surface area contributed by atoms with Crippen LogP contribution in [0.1, 0.15) is 5.69 Å². The lowest BCUT2D eigenvalue weighted by Gasteiger charge is -2.23. The highest BCUT2D eigenvalue weighted by Crippen LogP contribution is 2.02. The second-order valence-corrected chi connectivity index (χ2v) is 3.25. The second kappa shape index (κ2) is 4.35. The van der Waals surface area contributed by atoms with Gasteiger partial charge in [0.2, 0.25) is 0 Å². The Morgan fingerprint density at radius 1 is 1.54 bits per heavy atom. The van der Waals surface area contributed by atoms with E-state index in [1.54, 1.807) is 0 Å². The Kier molecular flexibility index (Phi) is 2.90. The molecule has 13 heavy (non-hydrogen) atoms. The average Bonchev–Trinajstić information content (AvgIpc) is 2.21. The van der Waals surface area contributed by atoms with Gasteiger partial charge in [-0.1, -0.05) is 6.07 Å². The average molecular weight is 178 g/mol. The monoisotopic (exact) mass is 178 g/mol. The summed E-state index contributed by atoms with van der Waals surface area (Å²) in [5.41, 5.74) is 1.13. The number of nitrogens with one attached hydrogen (secondary N) is 1. The molecule has 70 valence electrons. The van der Waals surface area contributed by atoms with Gasteiger partial charge in [-0.2, -0.15) is 0 Å². The number of ether oxygens (including phenoxy) is 1. The first-order valence-electron chi connectivity index (χ1n) is 4.66. The van der Waals surface area contributed by atoms with E-state index in [4.69, 9.17) is 4.74 Å². The summed E-state index contributed by atoms with van der Waals surface area (Å²) in [5, 5.41) is 3.40. The van der Waals surface area contributed by atoms with E-state index >= 15 is 0 Å². The molecule has 1 aromatic heterocycles. The molecule has 0 unspecified atom stereocenters. The number of rotatable bonds is 2. The summed E-state index contributed by atoms with van der Waals surface area (Å²) >= 11 is 0. The normalized spacial score (nSPS) is 22.9. The van der Waals surface area contributed by atoms with Gasteiger partial charge in [-0.15, -0.1) is 0 Å². The molecule has 3 heteroatoms. The smallest absolute Gasteiger partial charge is 0.0624 e. The second-order valence-electron chi connectivity index (χ2n) is 3.25. The number of pyridine rings is 1. The third-order valence-electron chi connectivity index (χ3n) is 2.18. The molecule has 0 aromatic carbocycles. The Hall–Kier alpha value is -0.930. The Morgan fingerprint density at radius 2 is 2.54 bits per heavy atom. The highest BCUT2D eigenvalue weighted by Gasteiger charge is 2.13. The summed E-state index contributed by atoms with van der Waals surface area (Å²) in [6.45, 7) is 2.59. The van der Waals surface area contributed by atoms with E-state index in [0.717, 1.165) is 31.9 Å². The fourth-order valence-corrected chi connectivity index (χ4v) is 1.52. The molecule has 3 nitrogen and oxygen atoms in total. The van der Waals surface area contributed by atoms with E-state index in [-0.39, 0.29) is 0 Å². The lowest BCUT2D eigenvalue weighted by Crippen LogP contribution is -2.42. The SMILES string of the molecule is c1ccc(C[C@@H]2COCCN2)nc1. The van der Waals surface area contributed by atoms with E-state index in [1.807, 2.05) is 18.3 Å². The summed E-state index contributed by atoms with van der Waals surface area (Å²) in [6, 6.07) is 6.44. The Bertz CT molecular complexity index is 244. The van der Waals surface area contributed by atoms with Crippen LogP contribution in [0.4, 0.5) is 0 Å². The van der Waals surface area contributed by atoms with Crippen LogP contribution >= 0.6 is 0 Å². The van der Waals surface area contributed by atoms with Gasteiger partial charge in [0.25, 0.3) is 0 Å². The summed E-state index contributed by atoms with van der Waals surface area (Å²) in [6.07, 6.45) is 2.79. The fraction of sp³-hybridized carbons (Fsp3) is 0.500. The first-order valence-corrected chi connectivity index (χ1v) is 4.66. The van der Waals surface area contributed by atoms with Crippen LogP contribution < -0.4 is 5.32 Å². The molecule has 1 aromatic rings. The highest BCUT2D eigenvalue weighted by atomic mass is 16.5. The molecule has 0 amide bonds. The van der Waals surface area contributed by atoms with Crippen molar-refractivity contribution >= 4 is 0 Å². The maximum atomic E-state index is 5.36. The van der Waals surface area contributed by atoms with Crippen molar-refractivity contribution in [2.75, 3.05) is 19.8 Å². The van der Waals surface area contributed by atoms with Crippen molar-refractivity contribution in [3.05, 3.63) is 30.1 Å². The van der Waals surface area contributed by atoms with Crippen LogP contribution in [0.3, 0.4) is 0 Å². The van der Waals surface area contributed by atoms with Crippen LogP contribution in [0.15, 0.2) is 24.4 Å². The molecule has 1 saturated heterocycles. The Labute approximate surface area is 78.1 Å². The zero-order chi connectivity index (χ0) is 8.93. The van der Waals surface area contributed by atoms with Gasteiger partial charge >= 0.3 is 0 Å². The van der Waals surface area contributed by atoms with E-state index in [2.05, 4.69) is 16.4 Å². The zero-order valence-corrected chi connectivity index (χ0v) is 7.57. The number of hydrogen-bond donors (Lipinski definition) is 1. The lowest BCUT2D eigenvalue weighted by molar-refractivity contribution is 0.0767. The topological polar surface area (TPSA) is 34.1 Å². The molecule has 0 spiro atoms. The van der Waals surface area contributed by atoms with Crippen LogP contribution in [0, 0.1) is 0 Å². The number of hydrogen-bond acceptors (Lipinski definition) is 3. The van der Waals surface area contributed by atoms with E-state index in [0.29, 0.717) is 6.04 Å². The van der Waals surface area contributed by atoms with Crippen LogP contribution in [0.25, 0.3) is 0 Å². The van der Waals surface area contributed by atoms with E-state index < -0.39 is 0 Å². The highest BCUT2D eigenvalue weighted by molar-refractivity contribution is 5.05. The summed E-state index contributed by atoms with van der Waals surface area (Å²) in [4.78, 5) is 4.28. The standard InChI is InChI=1S/C10H14N2O/c1-2-4-11-9(3-1)7-10-8-13-6-5-12-10/h1-4,10,12H,5-8H2/t10-/m1/s1. The van der Waals surface area contributed by atoms with Crippen LogP contribution in [0.5, 0.6) is 0 Å². The van der Waals surface area contributed by atoms with Crippen molar-refractivity contribution in [3.8, 4) is 0 Å². The Balaban J connectivity index is 1.90. The van der Waals surface area contributed by atoms with Gasteiger partial charge in [-0.3, -0.25) is 4.98 Å². The molecule has 1 atom stereocenters. The maximum Gasteiger partial charge on any atom is 0.0624 e. The molecule has 1 aliphatic heterocycles. The van der Waals surface area contributed by atoms with Gasteiger partial charge in [-0.25, -0.2) is 0 Å². The van der Waals surface area contributed by atoms with Crippen molar-refractivity contribution in [1.82, 2.24) is 10.3 Å². The summed E-state index contributed by atoms with van der Waals surface area (Å²) in [5.74, 6) is 0. The zero-order valence-electron chi connectivity index (χ0n) is 7.57. The molecule has 0 bridgehead atoms. The fourth-order valence-electron chi connectivity index (χ4n) is 1.52. The molecule has 2 rings (SSSR count). The molecule has 2 heterocycles. The van der Waals surface area contributed by atoms with Crippen molar-refractivity contribution in [1.29, 1.82) is 0 Å². The first kappa shape index (κ1) is 8.66. The molecule has 1 aliphatic rings. The van der Waals surface area contributed by atoms with Crippen LogP contribution in [-0.4, -0.2) is 30.8 Å². The van der Waals surface area contributed by atoms with Crippen molar-refractivity contribution < 1.29 is 4.74 Å². The van der Waals surface area contributed by atoms with Gasteiger partial charge in [0.15, 0.2) is 0 Å². The van der Waals surface area contributed by atoms with Gasteiger partial charge in [0.1, 0.15) is 0 Å². The third-order valence-corrected chi connectivity index (χ3v) is 2.18. The largest absolute Gasteiger partial charge is 0.379 e. The van der Waals surface area contributed by atoms with Crippen molar-refractivity contribution in [2.24, 2.45) is 0 Å². The number of nitrogens with zero attached hydrogens (tertiary/aromatic N) is 1. The first-order chi connectivity index (χ1) is 6.45. The Morgan fingerprint density at radius 3 is 3.23 bits per heavy atom. The van der Waals surface area contributed by atoms with E-state index in [1.165, 1.54) is 0 Å². The van der Waals surface area contributed by atoms with Gasteiger partial charge in [-0.05, 0) is 12.1 Å². The van der Waals surface area contributed by atoms with Gasteiger partial charge in [0.05, 0.1) is 13.2 Å². The third kappa shape index (κ3) is 2.50. The summed E-state index contributed by atoms with van der Waals surface area (Å²) < 4.78 is 5.36. The van der Waals surface area contributed by atoms with Crippen LogP contribution in [0.2, 0.25) is 0 Å². The molecular weight excluding hydrogens is 164 g/mol. The maximum absolute atomic E-state index is 5.36. The minimum absolute atomic E-state index is 0.434. The molecule has 1 fully saturated rings. The number of morpholine rings is 1. The molecule has 0 radical (unpaired) electrons. The number of aromatic nitrogens is 1. The lowest BCUT2D eigenvalue weighted by atomic mass is 10.1. The van der Waals surface area contributed by atoms with Gasteiger partial charge < -0.3 is 10.1 Å². The van der Waals surface area contributed by atoms with Crippen molar-refractivity contribution in [2.45, 2.75) is 12.5 Å².